The summed E-state index contributed by atoms with van der Waals surface area (Å²) in [4.78, 5) is 14.7. The van der Waals surface area contributed by atoms with Gasteiger partial charge < -0.3 is 15.0 Å². The Morgan fingerprint density at radius 1 is 1.36 bits per heavy atom. The lowest BCUT2D eigenvalue weighted by Gasteiger charge is -2.12. The van der Waals surface area contributed by atoms with Gasteiger partial charge in [-0.2, -0.15) is 0 Å². The molecule has 1 aromatic rings. The number of halogens is 1. The standard InChI is InChI=1S/C13H23N3O4S.ClH/c1-6-20-13(17)11-9(3)12(10(4)16-11)21(18,19)15-7-8(2)14-5;/h8,14-16H,6-7H2,1-5H3;1H. The summed E-state index contributed by atoms with van der Waals surface area (Å²) in [6.07, 6.45) is 0. The molecule has 1 rings (SSSR count). The number of aromatic nitrogens is 1. The molecule has 1 aromatic heterocycles. The van der Waals surface area contributed by atoms with Gasteiger partial charge in [-0.15, -0.1) is 12.4 Å². The highest BCUT2D eigenvalue weighted by molar-refractivity contribution is 7.89. The fourth-order valence-electron chi connectivity index (χ4n) is 1.95. The molecule has 22 heavy (non-hydrogen) atoms. The molecule has 0 bridgehead atoms. The Morgan fingerprint density at radius 3 is 2.45 bits per heavy atom. The Balaban J connectivity index is 0.00000441. The lowest BCUT2D eigenvalue weighted by atomic mass is 10.2. The minimum absolute atomic E-state index is 0. The SMILES string of the molecule is CCOC(=O)c1[nH]c(C)c(S(=O)(=O)NCC(C)NC)c1C.Cl. The van der Waals surface area contributed by atoms with Crippen molar-refractivity contribution in [2.45, 2.75) is 38.6 Å². The molecule has 0 saturated heterocycles. The first-order valence-corrected chi connectivity index (χ1v) is 8.26. The number of carbonyl (C=O) groups excluding carboxylic acids is 1. The van der Waals surface area contributed by atoms with E-state index >= 15 is 0 Å². The van der Waals surface area contributed by atoms with E-state index in [4.69, 9.17) is 4.74 Å². The molecule has 0 aliphatic heterocycles. The number of aryl methyl sites for hydroxylation is 1. The predicted octanol–water partition coefficient (Wildman–Crippen LogP) is 1.12. The van der Waals surface area contributed by atoms with E-state index in [1.54, 1.807) is 27.8 Å². The highest BCUT2D eigenvalue weighted by Crippen LogP contribution is 2.23. The molecule has 9 heteroatoms. The molecule has 0 radical (unpaired) electrons. The summed E-state index contributed by atoms with van der Waals surface area (Å²) < 4.78 is 32.2. The molecule has 0 spiro atoms. The average molecular weight is 354 g/mol. The number of carbonyl (C=O) groups is 1. The zero-order valence-corrected chi connectivity index (χ0v) is 15.1. The van der Waals surface area contributed by atoms with Crippen LogP contribution in [0.2, 0.25) is 0 Å². The molecule has 0 fully saturated rings. The van der Waals surface area contributed by atoms with E-state index < -0.39 is 16.0 Å². The summed E-state index contributed by atoms with van der Waals surface area (Å²) >= 11 is 0. The monoisotopic (exact) mass is 353 g/mol. The van der Waals surface area contributed by atoms with Gasteiger partial charge in [0.2, 0.25) is 10.0 Å². The Morgan fingerprint density at radius 2 is 1.95 bits per heavy atom. The predicted molar refractivity (Wildman–Crippen MR) is 87.2 cm³/mol. The Kier molecular flexibility index (Phi) is 8.10. The number of hydrogen-bond acceptors (Lipinski definition) is 5. The van der Waals surface area contributed by atoms with Crippen LogP contribution in [0.25, 0.3) is 0 Å². The molecule has 1 unspecified atom stereocenters. The molecule has 0 amide bonds. The van der Waals surface area contributed by atoms with Crippen molar-refractivity contribution in [2.75, 3.05) is 20.2 Å². The quantitative estimate of drug-likeness (QED) is 0.638. The van der Waals surface area contributed by atoms with Crippen molar-refractivity contribution < 1.29 is 17.9 Å². The molecule has 1 atom stereocenters. The Hall–Kier alpha value is -1.09. The van der Waals surface area contributed by atoms with Gasteiger partial charge >= 0.3 is 5.97 Å². The van der Waals surface area contributed by atoms with Gasteiger partial charge in [-0.25, -0.2) is 17.9 Å². The second-order valence-corrected chi connectivity index (χ2v) is 6.55. The van der Waals surface area contributed by atoms with E-state index in [1.807, 2.05) is 6.92 Å². The van der Waals surface area contributed by atoms with Crippen molar-refractivity contribution in [3.8, 4) is 0 Å². The van der Waals surface area contributed by atoms with Crippen LogP contribution in [0.4, 0.5) is 0 Å². The second-order valence-electron chi connectivity index (χ2n) is 4.84. The van der Waals surface area contributed by atoms with Crippen LogP contribution in [-0.4, -0.2) is 45.6 Å². The minimum atomic E-state index is -3.68. The smallest absolute Gasteiger partial charge is 0.355 e. The highest BCUT2D eigenvalue weighted by atomic mass is 35.5. The van der Waals surface area contributed by atoms with Gasteiger partial charge in [-0.1, -0.05) is 0 Å². The molecule has 0 aliphatic rings. The third-order valence-electron chi connectivity index (χ3n) is 3.19. The maximum absolute atomic E-state index is 12.4. The van der Waals surface area contributed by atoms with Gasteiger partial charge in [0.25, 0.3) is 0 Å². The van der Waals surface area contributed by atoms with Crippen LogP contribution in [0.3, 0.4) is 0 Å². The van der Waals surface area contributed by atoms with Gasteiger partial charge in [0.1, 0.15) is 10.6 Å². The first-order chi connectivity index (χ1) is 9.74. The molecule has 1 heterocycles. The van der Waals surface area contributed by atoms with Crippen molar-refractivity contribution in [1.29, 1.82) is 0 Å². The zero-order chi connectivity index (χ0) is 16.2. The number of likely N-dealkylation sites (N-methyl/N-ethyl adjacent to an activating group) is 1. The number of rotatable bonds is 7. The molecular weight excluding hydrogens is 330 g/mol. The first kappa shape index (κ1) is 20.9. The van der Waals surface area contributed by atoms with Gasteiger partial charge in [-0.05, 0) is 34.7 Å². The maximum Gasteiger partial charge on any atom is 0.355 e. The number of aromatic amines is 1. The Labute approximate surface area is 137 Å². The number of H-pyrrole nitrogens is 1. The van der Waals surface area contributed by atoms with Gasteiger partial charge in [0, 0.05) is 23.8 Å². The van der Waals surface area contributed by atoms with Crippen LogP contribution in [0, 0.1) is 13.8 Å². The number of sulfonamides is 1. The molecule has 0 saturated carbocycles. The van der Waals surface area contributed by atoms with E-state index in [1.165, 1.54) is 0 Å². The second kappa shape index (κ2) is 8.52. The van der Waals surface area contributed by atoms with E-state index in [-0.39, 0.29) is 42.2 Å². The molecule has 3 N–H and O–H groups in total. The summed E-state index contributed by atoms with van der Waals surface area (Å²) in [5.41, 5.74) is 0.965. The summed E-state index contributed by atoms with van der Waals surface area (Å²) in [5.74, 6) is -0.553. The fraction of sp³-hybridized carbons (Fsp3) is 0.615. The number of ether oxygens (including phenoxy) is 1. The summed E-state index contributed by atoms with van der Waals surface area (Å²) in [5, 5.41) is 2.95. The summed E-state index contributed by atoms with van der Waals surface area (Å²) in [6, 6.07) is 0.00357. The lowest BCUT2D eigenvalue weighted by Crippen LogP contribution is -2.37. The number of esters is 1. The lowest BCUT2D eigenvalue weighted by molar-refractivity contribution is 0.0519. The van der Waals surface area contributed by atoms with E-state index in [2.05, 4.69) is 15.0 Å². The summed E-state index contributed by atoms with van der Waals surface area (Å²) in [6.45, 7) is 7.26. The molecule has 7 nitrogen and oxygen atoms in total. The average Bonchev–Trinajstić information content (AvgIpc) is 2.72. The van der Waals surface area contributed by atoms with Crippen LogP contribution >= 0.6 is 12.4 Å². The minimum Gasteiger partial charge on any atom is -0.461 e. The molecule has 0 aliphatic carbocycles. The normalized spacial score (nSPS) is 12.6. The number of hydrogen-bond donors (Lipinski definition) is 3. The van der Waals surface area contributed by atoms with E-state index in [0.29, 0.717) is 11.3 Å². The van der Waals surface area contributed by atoms with Crippen molar-refractivity contribution in [2.24, 2.45) is 0 Å². The zero-order valence-electron chi connectivity index (χ0n) is 13.4. The maximum atomic E-state index is 12.4. The van der Waals surface area contributed by atoms with Crippen molar-refractivity contribution in [3.05, 3.63) is 17.0 Å². The van der Waals surface area contributed by atoms with E-state index in [0.717, 1.165) is 0 Å². The van der Waals surface area contributed by atoms with Crippen molar-refractivity contribution in [1.82, 2.24) is 15.0 Å². The number of nitrogens with one attached hydrogen (secondary N) is 3. The first-order valence-electron chi connectivity index (χ1n) is 6.77. The third kappa shape index (κ3) is 4.70. The van der Waals surface area contributed by atoms with Crippen LogP contribution in [-0.2, 0) is 14.8 Å². The van der Waals surface area contributed by atoms with Gasteiger partial charge in [0.15, 0.2) is 0 Å². The van der Waals surface area contributed by atoms with Crippen molar-refractivity contribution >= 4 is 28.4 Å². The molecular formula is C13H24ClN3O4S. The van der Waals surface area contributed by atoms with Crippen LogP contribution in [0.1, 0.15) is 35.6 Å². The third-order valence-corrected chi connectivity index (χ3v) is 4.89. The van der Waals surface area contributed by atoms with Crippen LogP contribution < -0.4 is 10.0 Å². The van der Waals surface area contributed by atoms with Crippen molar-refractivity contribution in [3.63, 3.8) is 0 Å². The van der Waals surface area contributed by atoms with Crippen LogP contribution in [0.15, 0.2) is 4.90 Å². The van der Waals surface area contributed by atoms with Gasteiger partial charge in [-0.3, -0.25) is 0 Å². The van der Waals surface area contributed by atoms with E-state index in [9.17, 15) is 13.2 Å². The molecule has 0 aromatic carbocycles. The highest BCUT2D eigenvalue weighted by Gasteiger charge is 2.27. The summed E-state index contributed by atoms with van der Waals surface area (Å²) in [7, 11) is -1.93. The largest absolute Gasteiger partial charge is 0.461 e. The molecule has 128 valence electrons. The topological polar surface area (TPSA) is 100 Å². The Bertz CT molecular complexity index is 613. The van der Waals surface area contributed by atoms with Crippen LogP contribution in [0.5, 0.6) is 0 Å². The fourth-order valence-corrected chi connectivity index (χ4v) is 3.53. The van der Waals surface area contributed by atoms with Gasteiger partial charge in [0.05, 0.1) is 6.61 Å².